The minimum atomic E-state index is -0.186. The summed E-state index contributed by atoms with van der Waals surface area (Å²) in [7, 11) is 0. The fourth-order valence-electron chi connectivity index (χ4n) is 10.0. The topological polar surface area (TPSA) is 16.4 Å². The van der Waals surface area contributed by atoms with E-state index in [0.717, 1.165) is 50.1 Å². The average molecular weight is 806 g/mol. The number of nitrogens with zero attached hydrogens (tertiary/aromatic N) is 1. The second-order valence-corrected chi connectivity index (χ2v) is 17.3. The van der Waals surface area contributed by atoms with Gasteiger partial charge in [0, 0.05) is 38.8 Å². The normalized spacial score (nSPS) is 12.7. The van der Waals surface area contributed by atoms with E-state index in [-0.39, 0.29) is 5.41 Å². The third-order valence-corrected chi connectivity index (χ3v) is 13.3. The second kappa shape index (κ2) is 14.6. The van der Waals surface area contributed by atoms with E-state index in [9.17, 15) is 0 Å². The molecule has 2 heteroatoms. The summed E-state index contributed by atoms with van der Waals surface area (Å²) < 4.78 is 6.46. The Morgan fingerprint density at radius 1 is 0.333 bits per heavy atom. The largest absolute Gasteiger partial charge is 0.455 e. The molecule has 0 atom stereocenters. The first-order valence-electron chi connectivity index (χ1n) is 21.8. The Morgan fingerprint density at radius 2 is 0.825 bits per heavy atom. The van der Waals surface area contributed by atoms with Crippen LogP contribution in [-0.2, 0) is 5.41 Å². The first-order valence-corrected chi connectivity index (χ1v) is 21.8. The molecule has 63 heavy (non-hydrogen) atoms. The summed E-state index contributed by atoms with van der Waals surface area (Å²) in [6.07, 6.45) is 0. The van der Waals surface area contributed by atoms with Crippen LogP contribution in [0.5, 0.6) is 0 Å². The van der Waals surface area contributed by atoms with Crippen LogP contribution >= 0.6 is 0 Å². The van der Waals surface area contributed by atoms with Gasteiger partial charge in [-0.05, 0) is 121 Å². The van der Waals surface area contributed by atoms with Gasteiger partial charge in [-0.3, -0.25) is 0 Å². The molecule has 0 unspecified atom stereocenters. The summed E-state index contributed by atoms with van der Waals surface area (Å²) in [5.74, 6) is 0. The van der Waals surface area contributed by atoms with E-state index in [1.807, 2.05) is 12.1 Å². The lowest BCUT2D eigenvalue weighted by Crippen LogP contribution is -2.16. The lowest BCUT2D eigenvalue weighted by Gasteiger charge is -2.28. The molecule has 0 saturated heterocycles. The van der Waals surface area contributed by atoms with Crippen LogP contribution in [0, 0.1) is 0 Å². The van der Waals surface area contributed by atoms with Crippen LogP contribution in [-0.4, -0.2) is 0 Å². The Balaban J connectivity index is 0.929. The highest BCUT2D eigenvalue weighted by atomic mass is 16.3. The molecule has 0 radical (unpaired) electrons. The lowest BCUT2D eigenvalue weighted by molar-refractivity contribution is 0.660. The molecule has 1 aliphatic carbocycles. The highest BCUT2D eigenvalue weighted by molar-refractivity contribution is 6.09. The van der Waals surface area contributed by atoms with Crippen molar-refractivity contribution in [1.29, 1.82) is 0 Å². The summed E-state index contributed by atoms with van der Waals surface area (Å²) >= 11 is 0. The van der Waals surface area contributed by atoms with Crippen LogP contribution in [0.3, 0.4) is 0 Å². The van der Waals surface area contributed by atoms with E-state index >= 15 is 0 Å². The van der Waals surface area contributed by atoms with Crippen LogP contribution in [0.15, 0.2) is 229 Å². The van der Waals surface area contributed by atoms with Gasteiger partial charge in [-0.15, -0.1) is 0 Å². The first-order chi connectivity index (χ1) is 31.0. The van der Waals surface area contributed by atoms with Gasteiger partial charge in [-0.1, -0.05) is 190 Å². The van der Waals surface area contributed by atoms with Gasteiger partial charge in [0.1, 0.15) is 11.2 Å². The average Bonchev–Trinajstić information content (AvgIpc) is 3.84. The maximum Gasteiger partial charge on any atom is 0.143 e. The van der Waals surface area contributed by atoms with Crippen molar-refractivity contribution < 1.29 is 4.42 Å². The van der Waals surface area contributed by atoms with Crippen LogP contribution in [0.1, 0.15) is 25.0 Å². The molecule has 0 N–H and O–H groups in total. The van der Waals surface area contributed by atoms with E-state index in [4.69, 9.17) is 4.42 Å². The van der Waals surface area contributed by atoms with Crippen molar-refractivity contribution >= 4 is 49.8 Å². The van der Waals surface area contributed by atoms with Crippen molar-refractivity contribution in [2.45, 2.75) is 19.3 Å². The molecule has 0 amide bonds. The molecule has 0 aliphatic heterocycles. The van der Waals surface area contributed by atoms with Gasteiger partial charge >= 0.3 is 0 Å². The highest BCUT2D eigenvalue weighted by Crippen LogP contribution is 2.52. The second-order valence-electron chi connectivity index (χ2n) is 17.3. The zero-order valence-electron chi connectivity index (χ0n) is 35.2. The Morgan fingerprint density at radius 3 is 1.59 bits per heavy atom. The fourth-order valence-corrected chi connectivity index (χ4v) is 10.0. The third-order valence-electron chi connectivity index (χ3n) is 13.3. The Bertz CT molecular complexity index is 3500. The molecule has 10 aromatic carbocycles. The van der Waals surface area contributed by atoms with Gasteiger partial charge in [-0.25, -0.2) is 0 Å². The van der Waals surface area contributed by atoms with Gasteiger partial charge in [0.2, 0.25) is 0 Å². The van der Waals surface area contributed by atoms with Crippen molar-refractivity contribution in [2.24, 2.45) is 0 Å². The van der Waals surface area contributed by atoms with Crippen molar-refractivity contribution in [2.75, 3.05) is 4.90 Å². The Hall–Kier alpha value is -7.94. The number of hydrogen-bond donors (Lipinski definition) is 0. The number of anilines is 3. The molecule has 1 heterocycles. The van der Waals surface area contributed by atoms with E-state index in [1.165, 1.54) is 66.4 Å². The summed E-state index contributed by atoms with van der Waals surface area (Å²) in [4.78, 5) is 2.40. The smallest absolute Gasteiger partial charge is 0.143 e. The van der Waals surface area contributed by atoms with Crippen molar-refractivity contribution in [3.8, 4) is 55.6 Å². The number of rotatable bonds is 7. The highest BCUT2D eigenvalue weighted by Gasteiger charge is 2.36. The van der Waals surface area contributed by atoms with E-state index in [0.29, 0.717) is 0 Å². The monoisotopic (exact) mass is 805 g/mol. The van der Waals surface area contributed by atoms with Gasteiger partial charge in [0.15, 0.2) is 0 Å². The standard InChI is InChI=1S/C61H43NO/c1-61(2)57-38-46(40-12-4-3-5-13-40)30-36-53(57)54-37-35-49(39-58(54)61)62(48-33-28-45(29-34-48)52-19-11-20-56-55-17-8-9-21-59(55)63-60(52)56)47-31-26-42(27-32-47)41-22-24-44(25-23-41)51-18-10-15-43-14-6-7-16-50(43)51/h3-39H,1-2H3. The molecular weight excluding hydrogens is 763 g/mol. The zero-order valence-corrected chi connectivity index (χ0v) is 35.2. The molecular formula is C61H43NO. The fraction of sp³-hybridized carbons (Fsp3) is 0.0492. The Labute approximate surface area is 368 Å². The van der Waals surface area contributed by atoms with Crippen LogP contribution in [0.4, 0.5) is 17.1 Å². The van der Waals surface area contributed by atoms with Gasteiger partial charge in [0.05, 0.1) is 0 Å². The number of benzene rings is 10. The molecule has 11 aromatic rings. The molecule has 1 aliphatic rings. The van der Waals surface area contributed by atoms with E-state index in [2.05, 4.69) is 231 Å². The molecule has 1 aromatic heterocycles. The maximum atomic E-state index is 6.46. The summed E-state index contributed by atoms with van der Waals surface area (Å²) in [6, 6.07) is 81.6. The van der Waals surface area contributed by atoms with Gasteiger partial charge in [0.25, 0.3) is 0 Å². The zero-order chi connectivity index (χ0) is 42.1. The predicted octanol–water partition coefficient (Wildman–Crippen LogP) is 17.2. The van der Waals surface area contributed by atoms with E-state index in [1.54, 1.807) is 0 Å². The van der Waals surface area contributed by atoms with Crippen molar-refractivity contribution in [3.63, 3.8) is 0 Å². The quantitative estimate of drug-likeness (QED) is 0.160. The molecule has 298 valence electrons. The van der Waals surface area contributed by atoms with Gasteiger partial charge in [-0.2, -0.15) is 0 Å². The predicted molar refractivity (Wildman–Crippen MR) is 265 cm³/mol. The summed E-state index contributed by atoms with van der Waals surface area (Å²) in [6.45, 7) is 4.74. The van der Waals surface area contributed by atoms with Crippen LogP contribution < -0.4 is 4.90 Å². The third kappa shape index (κ3) is 6.17. The van der Waals surface area contributed by atoms with Crippen LogP contribution in [0.25, 0.3) is 88.3 Å². The molecule has 0 fully saturated rings. The summed E-state index contributed by atoms with van der Waals surface area (Å²) in [5.41, 5.74) is 19.8. The number of para-hydroxylation sites is 2. The van der Waals surface area contributed by atoms with Gasteiger partial charge < -0.3 is 9.32 Å². The van der Waals surface area contributed by atoms with Crippen molar-refractivity contribution in [3.05, 3.63) is 236 Å². The van der Waals surface area contributed by atoms with Crippen molar-refractivity contribution in [1.82, 2.24) is 0 Å². The molecule has 2 nitrogen and oxygen atoms in total. The molecule has 0 bridgehead atoms. The van der Waals surface area contributed by atoms with Crippen LogP contribution in [0.2, 0.25) is 0 Å². The molecule has 0 saturated carbocycles. The molecule has 12 rings (SSSR count). The maximum absolute atomic E-state index is 6.46. The number of hydrogen-bond acceptors (Lipinski definition) is 2. The SMILES string of the molecule is CC1(C)c2cc(-c3ccccc3)ccc2-c2ccc(N(c3ccc(-c4ccc(-c5cccc6ccccc56)cc4)cc3)c3ccc(-c4cccc5c4oc4ccccc45)cc3)cc21. The lowest BCUT2D eigenvalue weighted by atomic mass is 9.81. The summed E-state index contributed by atoms with van der Waals surface area (Å²) in [5, 5.41) is 4.80. The first kappa shape index (κ1) is 36.9. The molecule has 0 spiro atoms. The number of fused-ring (bicyclic) bond motifs is 7. The minimum Gasteiger partial charge on any atom is -0.455 e. The Kier molecular flexibility index (Phi) is 8.55. The van der Waals surface area contributed by atoms with E-state index < -0.39 is 0 Å². The minimum absolute atomic E-state index is 0.186. The number of furan rings is 1.